The maximum atomic E-state index is 5.65. The molecule has 1 heterocycles. The Kier molecular flexibility index (Phi) is 8.31. The van der Waals surface area contributed by atoms with Crippen molar-refractivity contribution in [1.82, 2.24) is 5.43 Å². The molecule has 0 aromatic carbocycles. The van der Waals surface area contributed by atoms with Crippen molar-refractivity contribution in [2.75, 3.05) is 0 Å². The highest BCUT2D eigenvalue weighted by atomic mass is 32.1. The molecule has 3 N–H and O–H groups in total. The van der Waals surface area contributed by atoms with Gasteiger partial charge >= 0.3 is 0 Å². The third kappa shape index (κ3) is 5.98. The van der Waals surface area contributed by atoms with Gasteiger partial charge in [0.25, 0.3) is 0 Å². The predicted molar refractivity (Wildman–Crippen MR) is 81.7 cm³/mol. The first-order chi connectivity index (χ1) is 8.77. The van der Waals surface area contributed by atoms with Crippen molar-refractivity contribution >= 4 is 11.3 Å². The van der Waals surface area contributed by atoms with Crippen LogP contribution in [-0.4, -0.2) is 0 Å². The third-order valence-corrected chi connectivity index (χ3v) is 4.52. The van der Waals surface area contributed by atoms with Gasteiger partial charge in [0.15, 0.2) is 0 Å². The van der Waals surface area contributed by atoms with E-state index in [1.807, 2.05) is 11.3 Å². The Balaban J connectivity index is 2.13. The number of nitrogens with one attached hydrogen (secondary N) is 1. The van der Waals surface area contributed by atoms with Crippen LogP contribution in [0.5, 0.6) is 0 Å². The molecule has 0 saturated carbocycles. The zero-order chi connectivity index (χ0) is 13.2. The molecule has 1 atom stereocenters. The largest absolute Gasteiger partial charge is 0.271 e. The van der Waals surface area contributed by atoms with E-state index in [-0.39, 0.29) is 0 Å². The Morgan fingerprint density at radius 3 is 2.33 bits per heavy atom. The zero-order valence-corrected chi connectivity index (χ0v) is 12.7. The van der Waals surface area contributed by atoms with E-state index < -0.39 is 0 Å². The molecule has 0 spiro atoms. The quantitative estimate of drug-likeness (QED) is 0.366. The van der Waals surface area contributed by atoms with Gasteiger partial charge in [-0.2, -0.15) is 0 Å². The number of unbranched alkanes of at least 4 members (excludes halogenated alkanes) is 6. The highest BCUT2D eigenvalue weighted by Crippen LogP contribution is 2.26. The van der Waals surface area contributed by atoms with E-state index in [2.05, 4.69) is 31.4 Å². The number of hydrazine groups is 1. The molecule has 1 aromatic heterocycles. The van der Waals surface area contributed by atoms with E-state index in [0.717, 1.165) is 6.42 Å². The van der Waals surface area contributed by atoms with E-state index in [1.54, 1.807) is 0 Å². The third-order valence-electron chi connectivity index (χ3n) is 3.40. The van der Waals surface area contributed by atoms with Crippen LogP contribution in [0, 0.1) is 6.92 Å². The van der Waals surface area contributed by atoms with Gasteiger partial charge in [-0.25, -0.2) is 0 Å². The Morgan fingerprint density at radius 1 is 1.11 bits per heavy atom. The number of thiophene rings is 1. The van der Waals surface area contributed by atoms with Crippen molar-refractivity contribution in [1.29, 1.82) is 0 Å². The van der Waals surface area contributed by atoms with E-state index in [9.17, 15) is 0 Å². The van der Waals surface area contributed by atoms with Gasteiger partial charge in [0.1, 0.15) is 0 Å². The van der Waals surface area contributed by atoms with Crippen molar-refractivity contribution in [2.24, 2.45) is 5.84 Å². The maximum absolute atomic E-state index is 5.65. The van der Waals surface area contributed by atoms with Gasteiger partial charge in [-0.05, 0) is 25.5 Å². The molecular formula is C15H28N2S. The molecule has 0 amide bonds. The lowest BCUT2D eigenvalue weighted by atomic mass is 10.0. The Morgan fingerprint density at radius 2 is 1.78 bits per heavy atom. The molecule has 1 unspecified atom stereocenters. The first-order valence-electron chi connectivity index (χ1n) is 7.30. The Hall–Kier alpha value is -0.380. The molecule has 0 fully saturated rings. The normalized spacial score (nSPS) is 12.8. The van der Waals surface area contributed by atoms with Crippen molar-refractivity contribution in [3.05, 3.63) is 21.9 Å². The molecule has 0 bridgehead atoms. The van der Waals surface area contributed by atoms with Crippen molar-refractivity contribution in [2.45, 2.75) is 71.3 Å². The second-order valence-electron chi connectivity index (χ2n) is 5.08. The van der Waals surface area contributed by atoms with Crippen LogP contribution in [0.25, 0.3) is 0 Å². The molecule has 0 aliphatic carbocycles. The van der Waals surface area contributed by atoms with Crippen LogP contribution in [0.3, 0.4) is 0 Å². The first-order valence-corrected chi connectivity index (χ1v) is 8.12. The van der Waals surface area contributed by atoms with Crippen LogP contribution in [0.2, 0.25) is 0 Å². The number of rotatable bonds is 10. The van der Waals surface area contributed by atoms with Gasteiger partial charge in [-0.15, -0.1) is 11.3 Å². The van der Waals surface area contributed by atoms with Crippen LogP contribution in [0.15, 0.2) is 12.1 Å². The summed E-state index contributed by atoms with van der Waals surface area (Å²) < 4.78 is 0. The van der Waals surface area contributed by atoms with Gasteiger partial charge in [-0.3, -0.25) is 11.3 Å². The van der Waals surface area contributed by atoms with Gasteiger partial charge in [-0.1, -0.05) is 51.9 Å². The average molecular weight is 268 g/mol. The monoisotopic (exact) mass is 268 g/mol. The highest BCUT2D eigenvalue weighted by Gasteiger charge is 2.10. The molecule has 104 valence electrons. The molecule has 1 rings (SSSR count). The molecular weight excluding hydrogens is 240 g/mol. The zero-order valence-electron chi connectivity index (χ0n) is 11.9. The average Bonchev–Trinajstić information content (AvgIpc) is 2.79. The van der Waals surface area contributed by atoms with Crippen molar-refractivity contribution < 1.29 is 0 Å². The lowest BCUT2D eigenvalue weighted by molar-refractivity contribution is 0.481. The number of nitrogens with two attached hydrogens (primary N) is 1. The molecule has 0 aliphatic rings. The maximum Gasteiger partial charge on any atom is 0.0553 e. The van der Waals surface area contributed by atoms with Gasteiger partial charge in [0, 0.05) is 9.75 Å². The van der Waals surface area contributed by atoms with E-state index in [4.69, 9.17) is 5.84 Å². The summed E-state index contributed by atoms with van der Waals surface area (Å²) in [4.78, 5) is 2.74. The van der Waals surface area contributed by atoms with E-state index >= 15 is 0 Å². The number of hydrogen-bond acceptors (Lipinski definition) is 3. The van der Waals surface area contributed by atoms with Gasteiger partial charge in [0.2, 0.25) is 0 Å². The van der Waals surface area contributed by atoms with Gasteiger partial charge < -0.3 is 0 Å². The van der Waals surface area contributed by atoms with Crippen molar-refractivity contribution in [3.63, 3.8) is 0 Å². The Bertz CT molecular complexity index is 309. The first kappa shape index (κ1) is 15.7. The second-order valence-corrected chi connectivity index (χ2v) is 6.40. The fourth-order valence-corrected chi connectivity index (χ4v) is 3.23. The highest BCUT2D eigenvalue weighted by molar-refractivity contribution is 7.12. The summed E-state index contributed by atoms with van der Waals surface area (Å²) in [5.41, 5.74) is 2.95. The van der Waals surface area contributed by atoms with Crippen LogP contribution in [-0.2, 0) is 0 Å². The summed E-state index contributed by atoms with van der Waals surface area (Å²) in [5.74, 6) is 5.65. The smallest absolute Gasteiger partial charge is 0.0553 e. The van der Waals surface area contributed by atoms with Crippen LogP contribution >= 0.6 is 11.3 Å². The standard InChI is InChI=1S/C15H28N2S/c1-3-4-5-6-7-8-9-10-14(17-16)15-12-11-13(2)18-15/h11-12,14,17H,3-10,16H2,1-2H3. The van der Waals surface area contributed by atoms with E-state index in [1.165, 1.54) is 54.7 Å². The summed E-state index contributed by atoms with van der Waals surface area (Å²) in [5, 5.41) is 0. The minimum Gasteiger partial charge on any atom is -0.271 e. The SMILES string of the molecule is CCCCCCCCCC(NN)c1ccc(C)s1. The fourth-order valence-electron chi connectivity index (χ4n) is 2.25. The fraction of sp³-hybridized carbons (Fsp3) is 0.733. The second kappa shape index (κ2) is 9.54. The lowest BCUT2D eigenvalue weighted by Crippen LogP contribution is -2.27. The summed E-state index contributed by atoms with van der Waals surface area (Å²) in [6.07, 6.45) is 10.7. The lowest BCUT2D eigenvalue weighted by Gasteiger charge is -2.13. The number of hydrogen-bond donors (Lipinski definition) is 2. The molecule has 1 aromatic rings. The topological polar surface area (TPSA) is 38.0 Å². The number of aryl methyl sites for hydroxylation is 1. The van der Waals surface area contributed by atoms with Crippen LogP contribution in [0.1, 0.15) is 74.1 Å². The summed E-state index contributed by atoms with van der Waals surface area (Å²) in [6.45, 7) is 4.41. The van der Waals surface area contributed by atoms with Crippen molar-refractivity contribution in [3.8, 4) is 0 Å². The summed E-state index contributed by atoms with van der Waals surface area (Å²) in [7, 11) is 0. The van der Waals surface area contributed by atoms with Crippen LogP contribution < -0.4 is 11.3 Å². The minimum absolute atomic E-state index is 0.347. The molecule has 0 aliphatic heterocycles. The minimum atomic E-state index is 0.347. The predicted octanol–water partition coefficient (Wildman–Crippen LogP) is 4.70. The molecule has 0 saturated heterocycles. The van der Waals surface area contributed by atoms with Crippen LogP contribution in [0.4, 0.5) is 0 Å². The Labute approximate surface area is 116 Å². The molecule has 2 nitrogen and oxygen atoms in total. The molecule has 18 heavy (non-hydrogen) atoms. The molecule has 0 radical (unpaired) electrons. The van der Waals surface area contributed by atoms with E-state index in [0.29, 0.717) is 6.04 Å². The molecule has 3 heteroatoms. The summed E-state index contributed by atoms with van der Waals surface area (Å²) in [6, 6.07) is 4.72. The summed E-state index contributed by atoms with van der Waals surface area (Å²) >= 11 is 1.85. The van der Waals surface area contributed by atoms with Gasteiger partial charge in [0.05, 0.1) is 6.04 Å².